The predicted octanol–water partition coefficient (Wildman–Crippen LogP) is 2.04. The lowest BCUT2D eigenvalue weighted by atomic mass is 9.78. The molecule has 1 spiro atoms. The number of sulfonamides is 1. The second kappa shape index (κ2) is 8.80. The van der Waals surface area contributed by atoms with Crippen LogP contribution in [0.15, 0.2) is 24.3 Å². The van der Waals surface area contributed by atoms with E-state index < -0.39 is 10.0 Å². The smallest absolute Gasteiger partial charge is 0.253 e. The molecular weight excluding hydrogens is 380 g/mol. The molecule has 1 aromatic rings. The largest absolute Gasteiger partial charge is 0.497 e. The van der Waals surface area contributed by atoms with Crippen LogP contribution in [-0.2, 0) is 14.8 Å². The van der Waals surface area contributed by atoms with Gasteiger partial charge in [0.25, 0.3) is 5.91 Å². The summed E-state index contributed by atoms with van der Waals surface area (Å²) in [6.45, 7) is 2.52. The van der Waals surface area contributed by atoms with Crippen molar-refractivity contribution in [2.24, 2.45) is 5.92 Å². The number of likely N-dealkylation sites (tertiary alicyclic amines) is 1. The zero-order valence-electron chi connectivity index (χ0n) is 16.6. The van der Waals surface area contributed by atoms with Crippen molar-refractivity contribution in [1.29, 1.82) is 0 Å². The summed E-state index contributed by atoms with van der Waals surface area (Å²) < 4.78 is 36.4. The Bertz CT molecular complexity index is 788. The molecule has 2 aliphatic rings. The van der Waals surface area contributed by atoms with Crippen LogP contribution in [0.5, 0.6) is 5.75 Å². The van der Waals surface area contributed by atoms with Crippen molar-refractivity contribution in [3.63, 3.8) is 0 Å². The van der Waals surface area contributed by atoms with Crippen LogP contribution in [0.3, 0.4) is 0 Å². The van der Waals surface area contributed by atoms with Crippen molar-refractivity contribution < 1.29 is 22.7 Å². The summed E-state index contributed by atoms with van der Waals surface area (Å²) in [5, 5.41) is 0. The minimum Gasteiger partial charge on any atom is -0.497 e. The number of nitrogens with one attached hydrogen (secondary N) is 1. The van der Waals surface area contributed by atoms with Gasteiger partial charge in [-0.2, -0.15) is 0 Å². The number of carbonyl (C=O) groups excluding carboxylic acids is 1. The lowest BCUT2D eigenvalue weighted by Gasteiger charge is -2.46. The van der Waals surface area contributed by atoms with E-state index in [1.165, 1.54) is 6.26 Å². The van der Waals surface area contributed by atoms with Crippen molar-refractivity contribution in [2.45, 2.75) is 37.7 Å². The monoisotopic (exact) mass is 410 g/mol. The van der Waals surface area contributed by atoms with E-state index in [9.17, 15) is 13.2 Å². The van der Waals surface area contributed by atoms with E-state index in [1.807, 2.05) is 23.1 Å². The van der Waals surface area contributed by atoms with Crippen LogP contribution in [0.4, 0.5) is 0 Å². The molecule has 2 saturated heterocycles. The van der Waals surface area contributed by atoms with Crippen LogP contribution >= 0.6 is 0 Å². The molecule has 2 aliphatic heterocycles. The Kier molecular flexibility index (Phi) is 6.62. The van der Waals surface area contributed by atoms with E-state index in [0.29, 0.717) is 43.5 Å². The Balaban J connectivity index is 1.54. The lowest BCUT2D eigenvalue weighted by Crippen LogP contribution is -2.51. The van der Waals surface area contributed by atoms with Gasteiger partial charge in [0.1, 0.15) is 5.75 Å². The summed E-state index contributed by atoms with van der Waals surface area (Å²) in [6.07, 6.45) is 5.54. The maximum Gasteiger partial charge on any atom is 0.253 e. The van der Waals surface area contributed by atoms with Crippen LogP contribution in [0.2, 0.25) is 0 Å². The van der Waals surface area contributed by atoms with E-state index in [1.54, 1.807) is 13.2 Å². The number of hydrogen-bond donors (Lipinski definition) is 1. The van der Waals surface area contributed by atoms with Gasteiger partial charge in [0.2, 0.25) is 10.0 Å². The van der Waals surface area contributed by atoms with E-state index in [4.69, 9.17) is 9.47 Å². The number of rotatable bonds is 6. The minimum absolute atomic E-state index is 0.0264. The summed E-state index contributed by atoms with van der Waals surface area (Å²) in [5.41, 5.74) is 0.462. The van der Waals surface area contributed by atoms with Gasteiger partial charge in [-0.3, -0.25) is 4.79 Å². The molecule has 8 heteroatoms. The molecule has 1 amide bonds. The van der Waals surface area contributed by atoms with Crippen molar-refractivity contribution >= 4 is 15.9 Å². The molecule has 1 atom stereocenters. The van der Waals surface area contributed by atoms with Crippen LogP contribution in [-0.4, -0.2) is 64.4 Å². The fourth-order valence-electron chi connectivity index (χ4n) is 4.23. The van der Waals surface area contributed by atoms with Gasteiger partial charge in [0.05, 0.1) is 19.0 Å². The molecule has 7 nitrogen and oxygen atoms in total. The maximum absolute atomic E-state index is 12.8. The standard InChI is InChI=1S/C20H30N2O5S/c1-26-18-5-3-4-17(14-18)19(23)22-11-8-20(9-12-22)15-16(7-13-27-20)6-10-21-28(2,24)25/h3-5,14,16,21H,6-13,15H2,1-2H3. The molecule has 156 valence electrons. The first-order valence-corrected chi connectivity index (χ1v) is 11.7. The number of ether oxygens (including phenoxy) is 2. The molecule has 0 aromatic heterocycles. The van der Waals surface area contributed by atoms with Crippen molar-refractivity contribution in [3.8, 4) is 5.75 Å². The third kappa shape index (κ3) is 5.46. The van der Waals surface area contributed by atoms with E-state index >= 15 is 0 Å². The van der Waals surface area contributed by atoms with Gasteiger partial charge < -0.3 is 14.4 Å². The normalized spacial score (nSPS) is 22.2. The van der Waals surface area contributed by atoms with Crippen LogP contribution in [0, 0.1) is 5.92 Å². The van der Waals surface area contributed by atoms with Crippen molar-refractivity contribution in [2.75, 3.05) is 39.6 Å². The highest BCUT2D eigenvalue weighted by Crippen LogP contribution is 2.39. The Morgan fingerprint density at radius 1 is 1.36 bits per heavy atom. The summed E-state index contributed by atoms with van der Waals surface area (Å²) >= 11 is 0. The maximum atomic E-state index is 12.8. The van der Waals surface area contributed by atoms with Gasteiger partial charge >= 0.3 is 0 Å². The summed E-state index contributed by atoms with van der Waals surface area (Å²) in [4.78, 5) is 14.7. The number of nitrogens with zero attached hydrogens (tertiary/aromatic N) is 1. The van der Waals surface area contributed by atoms with Gasteiger partial charge in [-0.1, -0.05) is 6.07 Å². The van der Waals surface area contributed by atoms with Crippen molar-refractivity contribution in [1.82, 2.24) is 9.62 Å². The number of benzene rings is 1. The highest BCUT2D eigenvalue weighted by Gasteiger charge is 2.41. The molecule has 2 heterocycles. The SMILES string of the molecule is COc1cccc(C(=O)N2CCC3(CC2)CC(CCNS(C)(=O)=O)CCO3)c1. The highest BCUT2D eigenvalue weighted by atomic mass is 32.2. The quantitative estimate of drug-likeness (QED) is 0.776. The molecule has 0 bridgehead atoms. The molecule has 0 saturated carbocycles. The first-order valence-electron chi connectivity index (χ1n) is 9.82. The van der Waals surface area contributed by atoms with Crippen LogP contribution in [0.1, 0.15) is 42.5 Å². The molecular formula is C20H30N2O5S. The van der Waals surface area contributed by atoms with Gasteiger partial charge in [0.15, 0.2) is 0 Å². The number of piperidine rings is 1. The van der Waals surface area contributed by atoms with Gasteiger partial charge in [0, 0.05) is 31.8 Å². The first kappa shape index (κ1) is 21.1. The number of methoxy groups -OCH3 is 1. The third-order valence-electron chi connectivity index (χ3n) is 5.79. The zero-order chi connectivity index (χ0) is 20.2. The van der Waals surface area contributed by atoms with Crippen molar-refractivity contribution in [3.05, 3.63) is 29.8 Å². The van der Waals surface area contributed by atoms with E-state index in [2.05, 4.69) is 4.72 Å². The third-order valence-corrected chi connectivity index (χ3v) is 6.52. The Morgan fingerprint density at radius 3 is 2.79 bits per heavy atom. The fraction of sp³-hybridized carbons (Fsp3) is 0.650. The minimum atomic E-state index is -3.14. The Hall–Kier alpha value is -1.64. The molecule has 1 aromatic carbocycles. The van der Waals surface area contributed by atoms with Crippen LogP contribution < -0.4 is 9.46 Å². The first-order chi connectivity index (χ1) is 13.3. The Morgan fingerprint density at radius 2 is 2.11 bits per heavy atom. The Labute approximate surface area is 167 Å². The fourth-order valence-corrected chi connectivity index (χ4v) is 4.72. The zero-order valence-corrected chi connectivity index (χ0v) is 17.5. The van der Waals surface area contributed by atoms with E-state index in [0.717, 1.165) is 32.1 Å². The van der Waals surface area contributed by atoms with E-state index in [-0.39, 0.29) is 11.5 Å². The second-order valence-corrected chi connectivity index (χ2v) is 9.70. The molecule has 0 aliphatic carbocycles. The van der Waals surface area contributed by atoms with Gasteiger partial charge in [-0.15, -0.1) is 0 Å². The average molecular weight is 411 g/mol. The van der Waals surface area contributed by atoms with Gasteiger partial charge in [-0.25, -0.2) is 13.1 Å². The molecule has 1 unspecified atom stereocenters. The predicted molar refractivity (Wildman–Crippen MR) is 107 cm³/mol. The number of amides is 1. The molecule has 0 radical (unpaired) electrons. The molecule has 2 fully saturated rings. The summed E-state index contributed by atoms with van der Waals surface area (Å²) in [7, 11) is -1.55. The topological polar surface area (TPSA) is 84.9 Å². The molecule has 28 heavy (non-hydrogen) atoms. The number of hydrogen-bond acceptors (Lipinski definition) is 5. The summed E-state index contributed by atoms with van der Waals surface area (Å²) in [5.74, 6) is 1.16. The molecule has 1 N–H and O–H groups in total. The lowest BCUT2D eigenvalue weighted by molar-refractivity contribution is -0.124. The van der Waals surface area contributed by atoms with Crippen LogP contribution in [0.25, 0.3) is 0 Å². The highest BCUT2D eigenvalue weighted by molar-refractivity contribution is 7.88. The average Bonchev–Trinajstić information content (AvgIpc) is 2.67. The number of carbonyl (C=O) groups is 1. The molecule has 3 rings (SSSR count). The summed E-state index contributed by atoms with van der Waals surface area (Å²) in [6, 6.07) is 7.25. The second-order valence-electron chi connectivity index (χ2n) is 7.87. The van der Waals surface area contributed by atoms with Gasteiger partial charge in [-0.05, 0) is 56.2 Å².